The topological polar surface area (TPSA) is 80.2 Å². The first-order valence-electron chi connectivity index (χ1n) is 8.23. The highest BCUT2D eigenvalue weighted by molar-refractivity contribution is 6.12. The molecule has 1 amide bonds. The Morgan fingerprint density at radius 1 is 1.26 bits per heavy atom. The Kier molecular flexibility index (Phi) is 4.12. The first-order chi connectivity index (χ1) is 13.1. The smallest absolute Gasteiger partial charge is 0.255 e. The highest BCUT2D eigenvalue weighted by Crippen LogP contribution is 2.39. The second-order valence-corrected chi connectivity index (χ2v) is 5.91. The van der Waals surface area contributed by atoms with Crippen LogP contribution in [0.1, 0.15) is 10.4 Å². The van der Waals surface area contributed by atoms with Crippen molar-refractivity contribution in [3.05, 3.63) is 60.3 Å². The molecule has 0 saturated carbocycles. The fourth-order valence-corrected chi connectivity index (χ4v) is 3.06. The van der Waals surface area contributed by atoms with Crippen LogP contribution in [0.15, 0.2) is 53.3 Å². The number of benzene rings is 2. The van der Waals surface area contributed by atoms with Gasteiger partial charge in [0.1, 0.15) is 22.9 Å². The first-order valence-corrected chi connectivity index (χ1v) is 8.23. The van der Waals surface area contributed by atoms with Gasteiger partial charge in [-0.3, -0.25) is 4.79 Å². The van der Waals surface area contributed by atoms with Gasteiger partial charge < -0.3 is 19.5 Å². The van der Waals surface area contributed by atoms with Crippen LogP contribution in [0.4, 0.5) is 4.39 Å². The molecule has 0 spiro atoms. The fourth-order valence-electron chi connectivity index (χ4n) is 3.06. The lowest BCUT2D eigenvalue weighted by molar-refractivity contribution is 0.0964. The molecule has 0 unspecified atom stereocenters. The van der Waals surface area contributed by atoms with Gasteiger partial charge in [-0.25, -0.2) is 9.37 Å². The van der Waals surface area contributed by atoms with Crippen LogP contribution in [0.3, 0.4) is 0 Å². The molecular weight excluding hydrogens is 349 g/mol. The summed E-state index contributed by atoms with van der Waals surface area (Å²) in [5.74, 6) is 0.278. The Labute approximate surface area is 154 Å². The Bertz CT molecular complexity index is 1120. The van der Waals surface area contributed by atoms with Crippen LogP contribution in [0, 0.1) is 5.82 Å². The third-order valence-corrected chi connectivity index (χ3v) is 4.36. The Morgan fingerprint density at radius 3 is 2.67 bits per heavy atom. The molecule has 0 fully saturated rings. The minimum Gasteiger partial charge on any atom is -0.496 e. The molecule has 2 heterocycles. The minimum atomic E-state index is -0.362. The number of hydrogen-bond acceptors (Lipinski definition) is 4. The summed E-state index contributed by atoms with van der Waals surface area (Å²) < 4.78 is 24.8. The Morgan fingerprint density at radius 2 is 2.04 bits per heavy atom. The monoisotopic (exact) mass is 365 g/mol. The summed E-state index contributed by atoms with van der Waals surface area (Å²) >= 11 is 0. The van der Waals surface area contributed by atoms with Crippen LogP contribution >= 0.6 is 0 Å². The number of aromatic nitrogens is 2. The molecular formula is C20H16FN3O3. The van der Waals surface area contributed by atoms with E-state index in [0.29, 0.717) is 33.6 Å². The lowest BCUT2D eigenvalue weighted by Crippen LogP contribution is -2.18. The number of ether oxygens (including phenoxy) is 1. The van der Waals surface area contributed by atoms with Crippen LogP contribution in [-0.2, 0) is 0 Å². The number of rotatable bonds is 4. The van der Waals surface area contributed by atoms with E-state index in [4.69, 9.17) is 9.15 Å². The Balaban J connectivity index is 2.01. The molecule has 136 valence electrons. The maximum Gasteiger partial charge on any atom is 0.255 e. The SMILES string of the molecule is CNC(=O)c1c(-c2ccc(F)cc2)oc2cc(-c3cnc[nH]3)c(OC)cc12. The number of fused-ring (bicyclic) bond motifs is 1. The standard InChI is InChI=1S/C20H16FN3O3/c1-22-20(25)18-14-8-16(26-2)13(15-9-23-10-24-15)7-17(14)27-19(18)11-3-5-12(21)6-4-11/h3-10H,1-2H3,(H,22,25)(H,23,24). The molecule has 2 aromatic heterocycles. The van der Waals surface area contributed by atoms with E-state index in [1.807, 2.05) is 0 Å². The van der Waals surface area contributed by atoms with Crippen molar-refractivity contribution in [1.82, 2.24) is 15.3 Å². The molecule has 0 bridgehead atoms. The zero-order valence-electron chi connectivity index (χ0n) is 14.7. The van der Waals surface area contributed by atoms with Crippen molar-refractivity contribution < 1.29 is 18.3 Å². The van der Waals surface area contributed by atoms with Crippen LogP contribution in [0.2, 0.25) is 0 Å². The first kappa shape index (κ1) is 16.8. The van der Waals surface area contributed by atoms with Crippen LogP contribution in [0.25, 0.3) is 33.6 Å². The average molecular weight is 365 g/mol. The summed E-state index contributed by atoms with van der Waals surface area (Å²) in [5.41, 5.74) is 3.00. The van der Waals surface area contributed by atoms with Gasteiger partial charge in [-0.15, -0.1) is 0 Å². The van der Waals surface area contributed by atoms with Gasteiger partial charge in [-0.1, -0.05) is 0 Å². The maximum absolute atomic E-state index is 13.3. The fraction of sp³-hybridized carbons (Fsp3) is 0.100. The summed E-state index contributed by atoms with van der Waals surface area (Å²) in [5, 5.41) is 3.24. The summed E-state index contributed by atoms with van der Waals surface area (Å²) in [6.07, 6.45) is 3.24. The third kappa shape index (κ3) is 2.83. The minimum absolute atomic E-state index is 0.301. The number of H-pyrrole nitrogens is 1. The molecule has 0 aliphatic carbocycles. The Hall–Kier alpha value is -3.61. The number of carbonyl (C=O) groups is 1. The molecule has 0 aliphatic heterocycles. The van der Waals surface area contributed by atoms with Gasteiger partial charge in [0.2, 0.25) is 0 Å². The van der Waals surface area contributed by atoms with Gasteiger partial charge in [0.15, 0.2) is 0 Å². The largest absolute Gasteiger partial charge is 0.496 e. The van der Waals surface area contributed by atoms with Crippen molar-refractivity contribution in [2.75, 3.05) is 14.2 Å². The van der Waals surface area contributed by atoms with E-state index in [-0.39, 0.29) is 11.7 Å². The normalized spacial score (nSPS) is 10.9. The molecule has 6 nitrogen and oxygen atoms in total. The number of furan rings is 1. The van der Waals surface area contributed by atoms with Gasteiger partial charge in [0.05, 0.1) is 30.9 Å². The molecule has 7 heteroatoms. The zero-order valence-corrected chi connectivity index (χ0v) is 14.7. The molecule has 2 N–H and O–H groups in total. The molecule has 27 heavy (non-hydrogen) atoms. The van der Waals surface area contributed by atoms with Crippen molar-refractivity contribution in [2.45, 2.75) is 0 Å². The van der Waals surface area contributed by atoms with Crippen molar-refractivity contribution in [1.29, 1.82) is 0 Å². The number of carbonyl (C=O) groups excluding carboxylic acids is 1. The van der Waals surface area contributed by atoms with E-state index in [1.165, 1.54) is 12.1 Å². The number of aromatic amines is 1. The number of nitrogens with one attached hydrogen (secondary N) is 2. The molecule has 0 atom stereocenters. The van der Waals surface area contributed by atoms with Gasteiger partial charge in [0.25, 0.3) is 5.91 Å². The van der Waals surface area contributed by atoms with E-state index in [9.17, 15) is 9.18 Å². The number of methoxy groups -OCH3 is 1. The maximum atomic E-state index is 13.3. The number of hydrogen-bond donors (Lipinski definition) is 2. The highest BCUT2D eigenvalue weighted by Gasteiger charge is 2.23. The number of nitrogens with zero attached hydrogens (tertiary/aromatic N) is 1. The molecule has 4 aromatic rings. The second-order valence-electron chi connectivity index (χ2n) is 5.91. The van der Waals surface area contributed by atoms with Crippen LogP contribution in [-0.4, -0.2) is 30.0 Å². The number of amides is 1. The lowest BCUT2D eigenvalue weighted by Gasteiger charge is -2.07. The van der Waals surface area contributed by atoms with Crippen molar-refractivity contribution in [3.8, 4) is 28.3 Å². The lowest BCUT2D eigenvalue weighted by atomic mass is 10.0. The summed E-state index contributed by atoms with van der Waals surface area (Å²) in [4.78, 5) is 19.6. The number of halogens is 1. The summed E-state index contributed by atoms with van der Waals surface area (Å²) in [6, 6.07) is 9.35. The van der Waals surface area contributed by atoms with Gasteiger partial charge >= 0.3 is 0 Å². The van der Waals surface area contributed by atoms with Crippen molar-refractivity contribution in [3.63, 3.8) is 0 Å². The van der Waals surface area contributed by atoms with Crippen LogP contribution < -0.4 is 10.1 Å². The van der Waals surface area contributed by atoms with Gasteiger partial charge in [-0.2, -0.15) is 0 Å². The molecule has 2 aromatic carbocycles. The zero-order chi connectivity index (χ0) is 19.0. The van der Waals surface area contributed by atoms with Gasteiger partial charge in [-0.05, 0) is 36.4 Å². The average Bonchev–Trinajstić information content (AvgIpc) is 3.34. The van der Waals surface area contributed by atoms with E-state index in [1.54, 1.807) is 50.9 Å². The van der Waals surface area contributed by atoms with E-state index >= 15 is 0 Å². The number of imidazole rings is 1. The summed E-state index contributed by atoms with van der Waals surface area (Å²) in [6.45, 7) is 0. The van der Waals surface area contributed by atoms with Crippen LogP contribution in [0.5, 0.6) is 5.75 Å². The molecule has 4 rings (SSSR count). The predicted molar refractivity (Wildman–Crippen MR) is 99.1 cm³/mol. The van der Waals surface area contributed by atoms with Crippen molar-refractivity contribution in [2.24, 2.45) is 0 Å². The summed E-state index contributed by atoms with van der Waals surface area (Å²) in [7, 11) is 3.10. The molecule has 0 aliphatic rings. The molecule has 0 radical (unpaired) electrons. The highest BCUT2D eigenvalue weighted by atomic mass is 19.1. The van der Waals surface area contributed by atoms with E-state index in [0.717, 1.165) is 11.3 Å². The van der Waals surface area contributed by atoms with E-state index in [2.05, 4.69) is 15.3 Å². The van der Waals surface area contributed by atoms with Crippen molar-refractivity contribution >= 4 is 16.9 Å². The quantitative estimate of drug-likeness (QED) is 0.573. The molecule has 0 saturated heterocycles. The van der Waals surface area contributed by atoms with E-state index < -0.39 is 0 Å². The predicted octanol–water partition coefficient (Wildman–Crippen LogP) is 4.00. The third-order valence-electron chi connectivity index (χ3n) is 4.36. The van der Waals surface area contributed by atoms with Gasteiger partial charge in [0, 0.05) is 23.6 Å². The second kappa shape index (κ2) is 6.60.